The molecule has 0 radical (unpaired) electrons. The lowest BCUT2D eigenvalue weighted by molar-refractivity contribution is 0.0765. The number of fused-ring (bicyclic) bond motifs is 1. The van der Waals surface area contributed by atoms with Crippen molar-refractivity contribution in [2.24, 2.45) is 0 Å². The Morgan fingerprint density at radius 2 is 1.79 bits per heavy atom. The van der Waals surface area contributed by atoms with Gasteiger partial charge in [-0.15, -0.1) is 0 Å². The molecule has 0 saturated heterocycles. The molecule has 0 bridgehead atoms. The number of benzene rings is 2. The first-order chi connectivity index (χ1) is 13.1. The molecule has 1 N–H and O–H groups in total. The molecule has 6 nitrogen and oxygen atoms in total. The molecule has 0 atom stereocenters. The number of carbonyl (C=O) groups is 1. The summed E-state index contributed by atoms with van der Waals surface area (Å²) < 4.78 is 33.7. The average Bonchev–Trinajstić information content (AvgIpc) is 2.79. The van der Waals surface area contributed by atoms with Crippen molar-refractivity contribution in [1.29, 1.82) is 0 Å². The third kappa shape index (κ3) is 4.14. The molecule has 0 aliphatic carbocycles. The minimum atomic E-state index is -3.76. The van der Waals surface area contributed by atoms with E-state index in [1.54, 1.807) is 29.2 Å². The van der Waals surface area contributed by atoms with Gasteiger partial charge in [0, 0.05) is 12.2 Å². The molecule has 1 amide bonds. The van der Waals surface area contributed by atoms with Gasteiger partial charge in [-0.1, -0.05) is 32.9 Å². The zero-order chi connectivity index (χ0) is 20.5. The average molecular weight is 403 g/mol. The molecular formula is C21H26N2O4S. The predicted octanol–water partition coefficient (Wildman–Crippen LogP) is 3.64. The number of nitrogens with zero attached hydrogens (tertiary/aromatic N) is 1. The highest BCUT2D eigenvalue weighted by Gasteiger charge is 2.24. The number of carbonyl (C=O) groups excluding carboxylic acids is 1. The number of rotatable bonds is 4. The van der Waals surface area contributed by atoms with Crippen molar-refractivity contribution in [2.45, 2.75) is 38.0 Å². The Balaban J connectivity index is 1.88. The number of ether oxygens (including phenoxy) is 1. The van der Waals surface area contributed by atoms with Crippen LogP contribution >= 0.6 is 0 Å². The summed E-state index contributed by atoms with van der Waals surface area (Å²) in [4.78, 5) is 14.5. The second-order valence-electron chi connectivity index (χ2n) is 7.82. The van der Waals surface area contributed by atoms with Gasteiger partial charge in [-0.2, -0.15) is 0 Å². The van der Waals surface area contributed by atoms with Crippen LogP contribution in [0.1, 0.15) is 43.6 Å². The summed E-state index contributed by atoms with van der Waals surface area (Å²) in [6, 6.07) is 11.6. The van der Waals surface area contributed by atoms with Crippen LogP contribution in [-0.2, 0) is 15.4 Å². The number of hydrogen-bond acceptors (Lipinski definition) is 4. The zero-order valence-corrected chi connectivity index (χ0v) is 17.5. The second kappa shape index (κ2) is 7.47. The molecule has 28 heavy (non-hydrogen) atoms. The molecule has 2 aromatic rings. The molecule has 150 valence electrons. The van der Waals surface area contributed by atoms with E-state index >= 15 is 0 Å². The summed E-state index contributed by atoms with van der Waals surface area (Å²) in [5.41, 5.74) is 1.69. The van der Waals surface area contributed by atoms with E-state index in [0.717, 1.165) is 5.56 Å². The molecule has 1 aliphatic rings. The van der Waals surface area contributed by atoms with Gasteiger partial charge in [0.25, 0.3) is 15.9 Å². The van der Waals surface area contributed by atoms with Gasteiger partial charge in [0.15, 0.2) is 0 Å². The fraction of sp³-hybridized carbons (Fsp3) is 0.381. The molecule has 1 heterocycles. The van der Waals surface area contributed by atoms with E-state index in [1.807, 2.05) is 19.1 Å². The fourth-order valence-electron chi connectivity index (χ4n) is 3.07. The van der Waals surface area contributed by atoms with Gasteiger partial charge in [0.2, 0.25) is 0 Å². The van der Waals surface area contributed by atoms with Crippen molar-refractivity contribution in [1.82, 2.24) is 4.90 Å². The van der Waals surface area contributed by atoms with Gasteiger partial charge in [-0.25, -0.2) is 8.42 Å². The Morgan fingerprint density at radius 3 is 2.39 bits per heavy atom. The van der Waals surface area contributed by atoms with Crippen LogP contribution in [0, 0.1) is 0 Å². The predicted molar refractivity (Wildman–Crippen MR) is 109 cm³/mol. The van der Waals surface area contributed by atoms with Crippen molar-refractivity contribution in [3.63, 3.8) is 0 Å². The van der Waals surface area contributed by atoms with Gasteiger partial charge in [-0.05, 0) is 48.2 Å². The summed E-state index contributed by atoms with van der Waals surface area (Å²) in [7, 11) is -3.76. The van der Waals surface area contributed by atoms with E-state index in [-0.39, 0.29) is 16.2 Å². The minimum absolute atomic E-state index is 0.0573. The van der Waals surface area contributed by atoms with Crippen molar-refractivity contribution >= 4 is 21.6 Å². The van der Waals surface area contributed by atoms with E-state index in [1.165, 1.54) is 6.07 Å². The van der Waals surface area contributed by atoms with E-state index in [4.69, 9.17) is 4.74 Å². The van der Waals surface area contributed by atoms with Crippen molar-refractivity contribution in [3.8, 4) is 5.75 Å². The highest BCUT2D eigenvalue weighted by Crippen LogP contribution is 2.28. The van der Waals surface area contributed by atoms with Gasteiger partial charge in [-0.3, -0.25) is 9.52 Å². The minimum Gasteiger partial charge on any atom is -0.491 e. The van der Waals surface area contributed by atoms with Crippen molar-refractivity contribution in [2.75, 3.05) is 24.4 Å². The van der Waals surface area contributed by atoms with Crippen LogP contribution in [0.25, 0.3) is 0 Å². The van der Waals surface area contributed by atoms with E-state index in [0.29, 0.717) is 36.7 Å². The molecule has 3 rings (SSSR count). The molecule has 0 unspecified atom stereocenters. The standard InChI is InChI=1S/C21H26N2O4S/c1-5-23-12-13-27-19-11-8-16(14-18(19)20(23)24)22-28(25,26)17-9-6-15(7-10-17)21(2,3)4/h6-11,14,22H,5,12-13H2,1-4H3. The molecule has 0 aromatic heterocycles. The maximum Gasteiger partial charge on any atom is 0.261 e. The van der Waals surface area contributed by atoms with Gasteiger partial charge >= 0.3 is 0 Å². The first-order valence-corrected chi connectivity index (χ1v) is 10.8. The molecular weight excluding hydrogens is 376 g/mol. The van der Waals surface area contributed by atoms with Crippen LogP contribution in [0.3, 0.4) is 0 Å². The molecule has 7 heteroatoms. The number of amides is 1. The van der Waals surface area contributed by atoms with Crippen LogP contribution in [0.4, 0.5) is 5.69 Å². The Bertz CT molecular complexity index is 976. The van der Waals surface area contributed by atoms with Crippen LogP contribution < -0.4 is 9.46 Å². The van der Waals surface area contributed by atoms with E-state index in [2.05, 4.69) is 25.5 Å². The number of sulfonamides is 1. The van der Waals surface area contributed by atoms with Crippen LogP contribution in [0.15, 0.2) is 47.4 Å². The normalized spacial score (nSPS) is 14.9. The molecule has 1 aliphatic heterocycles. The molecule has 0 fully saturated rings. The lowest BCUT2D eigenvalue weighted by Crippen LogP contribution is -2.32. The molecule has 0 spiro atoms. The SMILES string of the molecule is CCN1CCOc2ccc(NS(=O)(=O)c3ccc(C(C)(C)C)cc3)cc2C1=O. The molecule has 2 aromatic carbocycles. The maximum absolute atomic E-state index is 12.8. The quantitative estimate of drug-likeness (QED) is 0.847. The van der Waals surface area contributed by atoms with Gasteiger partial charge < -0.3 is 9.64 Å². The monoisotopic (exact) mass is 402 g/mol. The fourth-order valence-corrected chi connectivity index (χ4v) is 4.12. The topological polar surface area (TPSA) is 75.7 Å². The summed E-state index contributed by atoms with van der Waals surface area (Å²) >= 11 is 0. The smallest absolute Gasteiger partial charge is 0.261 e. The van der Waals surface area contributed by atoms with Crippen LogP contribution in [-0.4, -0.2) is 38.9 Å². The van der Waals surface area contributed by atoms with Gasteiger partial charge in [0.05, 0.1) is 17.0 Å². The van der Waals surface area contributed by atoms with E-state index < -0.39 is 10.0 Å². The second-order valence-corrected chi connectivity index (χ2v) is 9.51. The first-order valence-electron chi connectivity index (χ1n) is 9.31. The van der Waals surface area contributed by atoms with E-state index in [9.17, 15) is 13.2 Å². The number of likely N-dealkylation sites (N-methyl/N-ethyl adjacent to an activating group) is 1. The lowest BCUT2D eigenvalue weighted by Gasteiger charge is -2.19. The van der Waals surface area contributed by atoms with Crippen molar-refractivity contribution < 1.29 is 17.9 Å². The number of anilines is 1. The highest BCUT2D eigenvalue weighted by atomic mass is 32.2. The summed E-state index contributed by atoms with van der Waals surface area (Å²) in [5.74, 6) is 0.309. The zero-order valence-electron chi connectivity index (χ0n) is 16.7. The third-order valence-corrected chi connectivity index (χ3v) is 6.18. The Hall–Kier alpha value is -2.54. The number of hydrogen-bond donors (Lipinski definition) is 1. The summed E-state index contributed by atoms with van der Waals surface area (Å²) in [6.45, 7) is 9.60. The largest absolute Gasteiger partial charge is 0.491 e. The van der Waals surface area contributed by atoms with Crippen LogP contribution in [0.2, 0.25) is 0 Å². The van der Waals surface area contributed by atoms with Gasteiger partial charge in [0.1, 0.15) is 12.4 Å². The Labute approximate surface area is 166 Å². The Kier molecular flexibility index (Phi) is 5.39. The lowest BCUT2D eigenvalue weighted by atomic mass is 9.87. The summed E-state index contributed by atoms with van der Waals surface area (Å²) in [5, 5.41) is 0. The van der Waals surface area contributed by atoms with Crippen molar-refractivity contribution in [3.05, 3.63) is 53.6 Å². The summed E-state index contributed by atoms with van der Waals surface area (Å²) in [6.07, 6.45) is 0. The van der Waals surface area contributed by atoms with Crippen LogP contribution in [0.5, 0.6) is 5.75 Å². The Morgan fingerprint density at radius 1 is 1.11 bits per heavy atom. The third-order valence-electron chi connectivity index (χ3n) is 4.78. The highest BCUT2D eigenvalue weighted by molar-refractivity contribution is 7.92. The number of nitrogens with one attached hydrogen (secondary N) is 1. The first kappa shape index (κ1) is 20.2. The maximum atomic E-state index is 12.8. The molecule has 0 saturated carbocycles.